The van der Waals surface area contributed by atoms with E-state index in [1.807, 2.05) is 31.2 Å². The quantitative estimate of drug-likeness (QED) is 0.804. The zero-order chi connectivity index (χ0) is 15.1. The van der Waals surface area contributed by atoms with Crippen molar-refractivity contribution in [2.45, 2.75) is 32.8 Å². The fourth-order valence-electron chi connectivity index (χ4n) is 1.83. The van der Waals surface area contributed by atoms with E-state index in [2.05, 4.69) is 10.1 Å². The van der Waals surface area contributed by atoms with Gasteiger partial charge >= 0.3 is 5.97 Å². The SMILES string of the molecule is CCOCc1ccc(-c2noc(CCCC(=O)O)n2)cc1. The Morgan fingerprint density at radius 3 is 2.76 bits per heavy atom. The van der Waals surface area contributed by atoms with Crippen molar-refractivity contribution in [2.75, 3.05) is 6.61 Å². The van der Waals surface area contributed by atoms with Gasteiger partial charge in [-0.2, -0.15) is 4.98 Å². The predicted molar refractivity (Wildman–Crippen MR) is 75.6 cm³/mol. The molecule has 112 valence electrons. The van der Waals surface area contributed by atoms with Crippen molar-refractivity contribution in [3.05, 3.63) is 35.7 Å². The molecule has 0 saturated carbocycles. The summed E-state index contributed by atoms with van der Waals surface area (Å²) in [7, 11) is 0. The maximum Gasteiger partial charge on any atom is 0.303 e. The number of carbonyl (C=O) groups is 1. The van der Waals surface area contributed by atoms with E-state index < -0.39 is 5.97 Å². The average molecular weight is 290 g/mol. The number of carboxylic acid groups (broad SMARTS) is 1. The standard InChI is InChI=1S/C15H18N2O4/c1-2-20-10-11-6-8-12(9-7-11)15-16-13(21-17-15)4-3-5-14(18)19/h6-9H,2-5,10H2,1H3,(H,18,19). The minimum atomic E-state index is -0.820. The fourth-order valence-corrected chi connectivity index (χ4v) is 1.83. The Morgan fingerprint density at radius 2 is 2.10 bits per heavy atom. The van der Waals surface area contributed by atoms with Gasteiger partial charge in [-0.15, -0.1) is 0 Å². The molecule has 0 spiro atoms. The molecule has 0 unspecified atom stereocenters. The van der Waals surface area contributed by atoms with E-state index in [1.54, 1.807) is 0 Å². The van der Waals surface area contributed by atoms with Crippen molar-refractivity contribution >= 4 is 5.97 Å². The van der Waals surface area contributed by atoms with Gasteiger partial charge in [0.1, 0.15) is 0 Å². The van der Waals surface area contributed by atoms with Crippen LogP contribution in [-0.4, -0.2) is 27.8 Å². The van der Waals surface area contributed by atoms with E-state index in [0.29, 0.717) is 37.8 Å². The van der Waals surface area contributed by atoms with Gasteiger partial charge in [0.05, 0.1) is 6.61 Å². The van der Waals surface area contributed by atoms with Gasteiger partial charge in [-0.25, -0.2) is 0 Å². The summed E-state index contributed by atoms with van der Waals surface area (Å²) >= 11 is 0. The molecule has 1 N–H and O–H groups in total. The fraction of sp³-hybridized carbons (Fsp3) is 0.400. The molecule has 0 aliphatic heterocycles. The minimum absolute atomic E-state index is 0.101. The Labute approximate surface area is 122 Å². The number of aliphatic carboxylic acids is 1. The zero-order valence-corrected chi connectivity index (χ0v) is 11.9. The first-order valence-electron chi connectivity index (χ1n) is 6.90. The number of hydrogen-bond donors (Lipinski definition) is 1. The molecule has 6 heteroatoms. The van der Waals surface area contributed by atoms with Gasteiger partial charge in [-0.1, -0.05) is 29.4 Å². The number of aryl methyl sites for hydroxylation is 1. The largest absolute Gasteiger partial charge is 0.481 e. The van der Waals surface area contributed by atoms with Crippen molar-refractivity contribution in [1.82, 2.24) is 10.1 Å². The van der Waals surface area contributed by atoms with Crippen LogP contribution >= 0.6 is 0 Å². The Hall–Kier alpha value is -2.21. The van der Waals surface area contributed by atoms with Gasteiger partial charge in [0.25, 0.3) is 0 Å². The molecule has 0 fully saturated rings. The van der Waals surface area contributed by atoms with Crippen molar-refractivity contribution < 1.29 is 19.2 Å². The van der Waals surface area contributed by atoms with Gasteiger partial charge in [0.15, 0.2) is 0 Å². The number of benzene rings is 1. The highest BCUT2D eigenvalue weighted by Crippen LogP contribution is 2.17. The monoisotopic (exact) mass is 290 g/mol. The van der Waals surface area contributed by atoms with Crippen LogP contribution in [0.3, 0.4) is 0 Å². The number of carboxylic acids is 1. The van der Waals surface area contributed by atoms with E-state index in [1.165, 1.54) is 0 Å². The molecule has 2 aromatic rings. The smallest absolute Gasteiger partial charge is 0.303 e. The summed E-state index contributed by atoms with van der Waals surface area (Å²) in [4.78, 5) is 14.7. The second-order valence-electron chi connectivity index (χ2n) is 4.59. The van der Waals surface area contributed by atoms with Crippen LogP contribution in [0.4, 0.5) is 0 Å². The van der Waals surface area contributed by atoms with Gasteiger partial charge in [0.2, 0.25) is 11.7 Å². The van der Waals surface area contributed by atoms with Crippen LogP contribution in [0.5, 0.6) is 0 Å². The second kappa shape index (κ2) is 7.54. The molecule has 0 bridgehead atoms. The molecule has 0 aliphatic rings. The Morgan fingerprint density at radius 1 is 1.33 bits per heavy atom. The number of rotatable bonds is 8. The topological polar surface area (TPSA) is 85.5 Å². The third-order valence-electron chi connectivity index (χ3n) is 2.93. The highest BCUT2D eigenvalue weighted by molar-refractivity contribution is 5.66. The number of nitrogens with zero attached hydrogens (tertiary/aromatic N) is 2. The lowest BCUT2D eigenvalue weighted by atomic mass is 10.1. The highest BCUT2D eigenvalue weighted by Gasteiger charge is 2.09. The summed E-state index contributed by atoms with van der Waals surface area (Å²) in [5.74, 6) is 0.160. The average Bonchev–Trinajstić information content (AvgIpc) is 2.94. The first-order chi connectivity index (χ1) is 10.2. The van der Waals surface area contributed by atoms with Crippen LogP contribution < -0.4 is 0 Å². The van der Waals surface area contributed by atoms with Gasteiger partial charge in [-0.3, -0.25) is 4.79 Å². The molecular weight excluding hydrogens is 272 g/mol. The summed E-state index contributed by atoms with van der Waals surface area (Å²) in [6.07, 6.45) is 1.07. The first-order valence-corrected chi connectivity index (χ1v) is 6.90. The maximum atomic E-state index is 10.4. The van der Waals surface area contributed by atoms with Gasteiger partial charge in [0, 0.05) is 25.0 Å². The summed E-state index contributed by atoms with van der Waals surface area (Å²) < 4.78 is 10.5. The molecular formula is C15H18N2O4. The minimum Gasteiger partial charge on any atom is -0.481 e. The van der Waals surface area contributed by atoms with Crippen LogP contribution in [0.25, 0.3) is 11.4 Å². The van der Waals surface area contributed by atoms with Crippen LogP contribution in [0.2, 0.25) is 0 Å². The van der Waals surface area contributed by atoms with Gasteiger partial charge < -0.3 is 14.4 Å². The van der Waals surface area contributed by atoms with E-state index in [4.69, 9.17) is 14.4 Å². The molecule has 21 heavy (non-hydrogen) atoms. The van der Waals surface area contributed by atoms with Crippen LogP contribution in [0.1, 0.15) is 31.2 Å². The number of aromatic nitrogens is 2. The van der Waals surface area contributed by atoms with Crippen molar-refractivity contribution in [1.29, 1.82) is 0 Å². The first kappa shape index (κ1) is 15.2. The molecule has 0 amide bonds. The Kier molecular flexibility index (Phi) is 5.45. The van der Waals surface area contributed by atoms with Crippen molar-refractivity contribution in [3.8, 4) is 11.4 Å². The molecule has 6 nitrogen and oxygen atoms in total. The molecule has 2 rings (SSSR count). The maximum absolute atomic E-state index is 10.4. The van der Waals surface area contributed by atoms with E-state index >= 15 is 0 Å². The summed E-state index contributed by atoms with van der Waals surface area (Å²) in [5, 5.41) is 12.5. The highest BCUT2D eigenvalue weighted by atomic mass is 16.5. The van der Waals surface area contributed by atoms with Crippen molar-refractivity contribution in [2.24, 2.45) is 0 Å². The number of hydrogen-bond acceptors (Lipinski definition) is 5. The zero-order valence-electron chi connectivity index (χ0n) is 11.9. The Bertz CT molecular complexity index is 578. The summed E-state index contributed by atoms with van der Waals surface area (Å²) in [6, 6.07) is 7.76. The summed E-state index contributed by atoms with van der Waals surface area (Å²) in [5.41, 5.74) is 1.95. The van der Waals surface area contributed by atoms with E-state index in [0.717, 1.165) is 11.1 Å². The van der Waals surface area contributed by atoms with Crippen LogP contribution in [-0.2, 0) is 22.6 Å². The molecule has 1 aromatic carbocycles. The third-order valence-corrected chi connectivity index (χ3v) is 2.93. The number of ether oxygens (including phenoxy) is 1. The molecule has 0 saturated heterocycles. The summed E-state index contributed by atoms with van der Waals surface area (Å²) in [6.45, 7) is 3.23. The second-order valence-corrected chi connectivity index (χ2v) is 4.59. The van der Waals surface area contributed by atoms with E-state index in [9.17, 15) is 4.79 Å². The van der Waals surface area contributed by atoms with Crippen LogP contribution in [0, 0.1) is 0 Å². The Balaban J connectivity index is 1.95. The predicted octanol–water partition coefficient (Wildman–Crippen LogP) is 2.68. The van der Waals surface area contributed by atoms with E-state index in [-0.39, 0.29) is 6.42 Å². The van der Waals surface area contributed by atoms with Crippen molar-refractivity contribution in [3.63, 3.8) is 0 Å². The lowest BCUT2D eigenvalue weighted by Crippen LogP contribution is -1.96. The lowest BCUT2D eigenvalue weighted by molar-refractivity contribution is -0.137. The lowest BCUT2D eigenvalue weighted by Gasteiger charge is -2.01. The normalized spacial score (nSPS) is 10.7. The van der Waals surface area contributed by atoms with Crippen LogP contribution in [0.15, 0.2) is 28.8 Å². The molecule has 0 atom stereocenters. The van der Waals surface area contributed by atoms with Gasteiger partial charge in [-0.05, 0) is 18.9 Å². The molecule has 1 aromatic heterocycles. The molecule has 0 radical (unpaired) electrons. The molecule has 1 heterocycles. The molecule has 0 aliphatic carbocycles. The third kappa shape index (κ3) is 4.68.